The van der Waals surface area contributed by atoms with Crippen LogP contribution in [0.4, 0.5) is 0 Å². The molecule has 2 atom stereocenters. The lowest BCUT2D eigenvalue weighted by Gasteiger charge is -2.27. The molecule has 2 heterocycles. The molecule has 0 saturated carbocycles. The maximum Gasteiger partial charge on any atom is 0.226 e. The highest BCUT2D eigenvalue weighted by molar-refractivity contribution is 5.79. The molecule has 1 aromatic heterocycles. The Labute approximate surface area is 129 Å². The fourth-order valence-corrected chi connectivity index (χ4v) is 2.75. The normalized spacial score (nSPS) is 21.5. The van der Waals surface area contributed by atoms with Crippen molar-refractivity contribution >= 4 is 5.91 Å². The summed E-state index contributed by atoms with van der Waals surface area (Å²) in [6.07, 6.45) is 3.44. The molecule has 1 aliphatic rings. The minimum Gasteiger partial charge on any atom is -0.378 e. The molecule has 1 fully saturated rings. The van der Waals surface area contributed by atoms with Gasteiger partial charge in [-0.05, 0) is 31.9 Å². The third-order valence-corrected chi connectivity index (χ3v) is 4.02. The zero-order valence-corrected chi connectivity index (χ0v) is 12.6. The van der Waals surface area contributed by atoms with E-state index in [1.807, 2.05) is 41.8 Å². The number of nitrogens with one attached hydrogen (secondary N) is 1. The summed E-state index contributed by atoms with van der Waals surface area (Å²) in [5, 5.41) is 11.0. The predicted molar refractivity (Wildman–Crippen MR) is 81.3 cm³/mol. The van der Waals surface area contributed by atoms with Crippen LogP contribution in [-0.2, 0) is 16.1 Å². The van der Waals surface area contributed by atoms with Gasteiger partial charge in [0.05, 0.1) is 18.6 Å². The third-order valence-electron chi connectivity index (χ3n) is 4.02. The van der Waals surface area contributed by atoms with Crippen molar-refractivity contribution < 1.29 is 9.53 Å². The number of hydrogen-bond acceptors (Lipinski definition) is 4. The van der Waals surface area contributed by atoms with Crippen molar-refractivity contribution in [3.05, 3.63) is 42.5 Å². The summed E-state index contributed by atoms with van der Waals surface area (Å²) in [4.78, 5) is 12.3. The van der Waals surface area contributed by atoms with Crippen LogP contribution in [0, 0.1) is 5.92 Å². The van der Waals surface area contributed by atoms with Gasteiger partial charge in [-0.15, -0.1) is 10.2 Å². The van der Waals surface area contributed by atoms with Gasteiger partial charge in [0, 0.05) is 12.3 Å². The Hall–Kier alpha value is -2.21. The maximum absolute atomic E-state index is 12.3. The van der Waals surface area contributed by atoms with Gasteiger partial charge in [-0.1, -0.05) is 18.2 Å². The van der Waals surface area contributed by atoms with Crippen LogP contribution in [0.15, 0.2) is 36.7 Å². The molecule has 0 spiro atoms. The highest BCUT2D eigenvalue weighted by Gasteiger charge is 2.28. The first-order valence-corrected chi connectivity index (χ1v) is 7.59. The molecule has 0 aliphatic carbocycles. The van der Waals surface area contributed by atoms with Gasteiger partial charge in [0.15, 0.2) is 5.82 Å². The van der Waals surface area contributed by atoms with Crippen LogP contribution in [0.2, 0.25) is 0 Å². The first-order chi connectivity index (χ1) is 10.8. The molecule has 1 aliphatic heterocycles. The Morgan fingerprint density at radius 2 is 2.23 bits per heavy atom. The van der Waals surface area contributed by atoms with E-state index in [1.54, 1.807) is 6.33 Å². The summed E-state index contributed by atoms with van der Waals surface area (Å²) in [7, 11) is 0. The second-order valence-corrected chi connectivity index (χ2v) is 5.50. The van der Waals surface area contributed by atoms with E-state index in [-0.39, 0.29) is 17.9 Å². The van der Waals surface area contributed by atoms with Crippen molar-refractivity contribution in [3.63, 3.8) is 0 Å². The molecule has 2 aromatic rings. The van der Waals surface area contributed by atoms with Gasteiger partial charge in [-0.25, -0.2) is 0 Å². The minimum atomic E-state index is -0.0816. The number of aromatic nitrogens is 3. The summed E-state index contributed by atoms with van der Waals surface area (Å²) in [5.41, 5.74) is 0.978. The number of ether oxygens (including phenoxy) is 1. The zero-order chi connectivity index (χ0) is 15.4. The Bertz CT molecular complexity index is 626. The molecule has 22 heavy (non-hydrogen) atoms. The summed E-state index contributed by atoms with van der Waals surface area (Å²) in [5.74, 6) is 0.653. The number of benzene rings is 1. The molecular weight excluding hydrogens is 280 g/mol. The molecule has 0 bridgehead atoms. The van der Waals surface area contributed by atoms with Gasteiger partial charge in [0.25, 0.3) is 0 Å². The Balaban J connectivity index is 1.65. The average Bonchev–Trinajstić information content (AvgIpc) is 3.02. The number of amides is 1. The predicted octanol–water partition coefficient (Wildman–Crippen LogP) is 1.70. The Morgan fingerprint density at radius 1 is 1.41 bits per heavy atom. The van der Waals surface area contributed by atoms with Gasteiger partial charge in [-0.2, -0.15) is 0 Å². The highest BCUT2D eigenvalue weighted by atomic mass is 16.5. The summed E-state index contributed by atoms with van der Waals surface area (Å²) >= 11 is 0. The number of nitrogens with zero attached hydrogens (tertiary/aromatic N) is 3. The topological polar surface area (TPSA) is 69.0 Å². The molecule has 1 amide bonds. The van der Waals surface area contributed by atoms with E-state index < -0.39 is 0 Å². The molecule has 3 rings (SSSR count). The SMILES string of the molecule is C[C@H]1OCCC[C@@H]1C(=O)NCc1nncn1-c1ccccc1. The maximum atomic E-state index is 12.3. The van der Waals surface area contributed by atoms with E-state index in [0.717, 1.165) is 25.1 Å². The number of carbonyl (C=O) groups excluding carboxylic acids is 1. The number of rotatable bonds is 4. The van der Waals surface area contributed by atoms with Crippen molar-refractivity contribution in [1.29, 1.82) is 0 Å². The number of hydrogen-bond donors (Lipinski definition) is 1. The molecule has 0 radical (unpaired) electrons. The summed E-state index contributed by atoms with van der Waals surface area (Å²) in [6.45, 7) is 3.06. The zero-order valence-electron chi connectivity index (χ0n) is 12.6. The lowest BCUT2D eigenvalue weighted by molar-refractivity contribution is -0.133. The van der Waals surface area contributed by atoms with E-state index in [0.29, 0.717) is 12.4 Å². The summed E-state index contributed by atoms with van der Waals surface area (Å²) < 4.78 is 7.42. The van der Waals surface area contributed by atoms with E-state index >= 15 is 0 Å². The van der Waals surface area contributed by atoms with Gasteiger partial charge < -0.3 is 10.1 Å². The van der Waals surface area contributed by atoms with Crippen molar-refractivity contribution in [2.24, 2.45) is 5.92 Å². The fourth-order valence-electron chi connectivity index (χ4n) is 2.75. The second-order valence-electron chi connectivity index (χ2n) is 5.50. The van der Waals surface area contributed by atoms with Crippen LogP contribution in [-0.4, -0.2) is 33.4 Å². The van der Waals surface area contributed by atoms with Crippen LogP contribution >= 0.6 is 0 Å². The van der Waals surface area contributed by atoms with Crippen molar-refractivity contribution in [2.75, 3.05) is 6.61 Å². The number of para-hydroxylation sites is 1. The monoisotopic (exact) mass is 300 g/mol. The lowest BCUT2D eigenvalue weighted by Crippen LogP contribution is -2.40. The molecule has 0 unspecified atom stereocenters. The quantitative estimate of drug-likeness (QED) is 0.933. The van der Waals surface area contributed by atoms with E-state index in [9.17, 15) is 4.79 Å². The molecule has 1 N–H and O–H groups in total. The minimum absolute atomic E-state index is 0.0230. The molecule has 6 nitrogen and oxygen atoms in total. The van der Waals surface area contributed by atoms with Crippen LogP contribution in [0.25, 0.3) is 5.69 Å². The van der Waals surface area contributed by atoms with Crippen LogP contribution in [0.3, 0.4) is 0 Å². The van der Waals surface area contributed by atoms with Gasteiger partial charge in [-0.3, -0.25) is 9.36 Å². The van der Waals surface area contributed by atoms with Crippen molar-refractivity contribution in [2.45, 2.75) is 32.4 Å². The first kappa shape index (κ1) is 14.7. The Kier molecular flexibility index (Phi) is 4.48. The van der Waals surface area contributed by atoms with Gasteiger partial charge in [0.1, 0.15) is 6.33 Å². The Morgan fingerprint density at radius 3 is 3.00 bits per heavy atom. The highest BCUT2D eigenvalue weighted by Crippen LogP contribution is 2.20. The molecule has 116 valence electrons. The van der Waals surface area contributed by atoms with Crippen LogP contribution in [0.5, 0.6) is 0 Å². The molecule has 1 saturated heterocycles. The third kappa shape index (κ3) is 3.17. The first-order valence-electron chi connectivity index (χ1n) is 7.59. The molecular formula is C16H20N4O2. The van der Waals surface area contributed by atoms with E-state index in [1.165, 1.54) is 0 Å². The van der Waals surface area contributed by atoms with Crippen LogP contribution < -0.4 is 5.32 Å². The fraction of sp³-hybridized carbons (Fsp3) is 0.438. The van der Waals surface area contributed by atoms with Gasteiger partial charge >= 0.3 is 0 Å². The van der Waals surface area contributed by atoms with Crippen molar-refractivity contribution in [1.82, 2.24) is 20.1 Å². The standard InChI is InChI=1S/C16H20N4O2/c1-12-14(8-5-9-22-12)16(21)17-10-15-19-18-11-20(15)13-6-3-2-4-7-13/h2-4,6-7,11-12,14H,5,8-10H2,1H3,(H,17,21)/t12-,14+/m1/s1. The summed E-state index contributed by atoms with van der Waals surface area (Å²) in [6, 6.07) is 9.83. The average molecular weight is 300 g/mol. The molecule has 1 aromatic carbocycles. The van der Waals surface area contributed by atoms with Crippen molar-refractivity contribution in [3.8, 4) is 5.69 Å². The van der Waals surface area contributed by atoms with E-state index in [4.69, 9.17) is 4.74 Å². The lowest BCUT2D eigenvalue weighted by atomic mass is 9.94. The smallest absolute Gasteiger partial charge is 0.226 e. The molecule has 6 heteroatoms. The van der Waals surface area contributed by atoms with E-state index in [2.05, 4.69) is 15.5 Å². The second kappa shape index (κ2) is 6.70. The van der Waals surface area contributed by atoms with Gasteiger partial charge in [0.2, 0.25) is 5.91 Å². The number of carbonyl (C=O) groups is 1. The van der Waals surface area contributed by atoms with Crippen LogP contribution in [0.1, 0.15) is 25.6 Å². The largest absolute Gasteiger partial charge is 0.378 e.